The van der Waals surface area contributed by atoms with E-state index in [1.54, 1.807) is 0 Å². The van der Waals surface area contributed by atoms with Crippen molar-refractivity contribution in [2.24, 2.45) is 0 Å². The number of hydrogen-bond donors (Lipinski definition) is 1. The smallest absolute Gasteiger partial charge is 0.338 e. The first kappa shape index (κ1) is 18.8. The second-order valence-corrected chi connectivity index (χ2v) is 7.29. The molecule has 1 aromatic heterocycles. The van der Waals surface area contributed by atoms with Crippen LogP contribution in [0.1, 0.15) is 16.1 Å². The Morgan fingerprint density at radius 3 is 2.32 bits per heavy atom. The van der Waals surface area contributed by atoms with Crippen LogP contribution in [-0.2, 0) is 6.61 Å². The van der Waals surface area contributed by atoms with E-state index in [0.29, 0.717) is 17.0 Å². The number of ether oxygens (including phenoxy) is 1. The van der Waals surface area contributed by atoms with Crippen molar-refractivity contribution in [1.82, 2.24) is 4.98 Å². The molecule has 0 amide bonds. The fourth-order valence-corrected chi connectivity index (χ4v) is 3.91. The van der Waals surface area contributed by atoms with Crippen molar-refractivity contribution >= 4 is 27.6 Å². The number of carboxylic acids is 1. The topological polar surface area (TPSA) is 59.4 Å². The second-order valence-electron chi connectivity index (χ2n) is 7.29. The summed E-state index contributed by atoms with van der Waals surface area (Å²) in [6, 6.07) is 31.0. The maximum atomic E-state index is 12.4. The predicted octanol–water partition coefficient (Wildman–Crippen LogP) is 6.33. The lowest BCUT2D eigenvalue weighted by molar-refractivity contribution is 0.0694. The summed E-state index contributed by atoms with van der Waals surface area (Å²) in [6.45, 7) is 0.0602. The molecule has 5 rings (SSSR count). The number of aromatic nitrogens is 1. The van der Waals surface area contributed by atoms with Gasteiger partial charge in [-0.05, 0) is 34.5 Å². The third kappa shape index (κ3) is 3.60. The van der Waals surface area contributed by atoms with Gasteiger partial charge in [0.1, 0.15) is 12.4 Å². The highest BCUT2D eigenvalue weighted by Gasteiger charge is 2.22. The van der Waals surface area contributed by atoms with Crippen molar-refractivity contribution in [3.8, 4) is 16.9 Å². The standard InChI is InChI=1S/C27H19NO3/c29-27(30)26-24(17-31-21-15-14-18-8-4-5-11-20(18)16-21)28-23-13-7-6-12-22(23)25(26)19-9-2-1-3-10-19/h1-16H,17H2,(H,29,30). The molecule has 0 bridgehead atoms. The van der Waals surface area contributed by atoms with Crippen molar-refractivity contribution in [2.75, 3.05) is 0 Å². The van der Waals surface area contributed by atoms with Gasteiger partial charge in [-0.3, -0.25) is 0 Å². The van der Waals surface area contributed by atoms with E-state index in [2.05, 4.69) is 4.98 Å². The van der Waals surface area contributed by atoms with Gasteiger partial charge in [-0.15, -0.1) is 0 Å². The van der Waals surface area contributed by atoms with E-state index in [-0.39, 0.29) is 12.2 Å². The predicted molar refractivity (Wildman–Crippen MR) is 122 cm³/mol. The van der Waals surface area contributed by atoms with Crippen LogP contribution in [0.15, 0.2) is 97.1 Å². The summed E-state index contributed by atoms with van der Waals surface area (Å²) in [5.74, 6) is -0.347. The number of rotatable bonds is 5. The molecule has 1 N–H and O–H groups in total. The molecular formula is C27H19NO3. The lowest BCUT2D eigenvalue weighted by atomic mass is 9.94. The average molecular weight is 405 g/mol. The number of benzene rings is 4. The first-order valence-corrected chi connectivity index (χ1v) is 10.0. The van der Waals surface area contributed by atoms with Gasteiger partial charge in [-0.1, -0.05) is 78.9 Å². The Morgan fingerprint density at radius 1 is 0.806 bits per heavy atom. The van der Waals surface area contributed by atoms with E-state index in [9.17, 15) is 9.90 Å². The monoisotopic (exact) mass is 405 g/mol. The van der Waals surface area contributed by atoms with Gasteiger partial charge in [0.15, 0.2) is 0 Å². The van der Waals surface area contributed by atoms with Crippen LogP contribution in [-0.4, -0.2) is 16.1 Å². The molecule has 5 aromatic rings. The minimum absolute atomic E-state index is 0.0602. The molecule has 4 heteroatoms. The zero-order valence-corrected chi connectivity index (χ0v) is 16.7. The molecule has 150 valence electrons. The van der Waals surface area contributed by atoms with Gasteiger partial charge in [0.05, 0.1) is 16.8 Å². The van der Waals surface area contributed by atoms with Crippen molar-refractivity contribution in [1.29, 1.82) is 0 Å². The third-order valence-electron chi connectivity index (χ3n) is 5.34. The molecule has 1 heterocycles. The molecule has 0 spiro atoms. The number of para-hydroxylation sites is 1. The summed E-state index contributed by atoms with van der Waals surface area (Å²) in [5.41, 5.74) is 2.81. The molecule has 0 saturated heterocycles. The van der Waals surface area contributed by atoms with Crippen LogP contribution < -0.4 is 4.74 Å². The first-order valence-electron chi connectivity index (χ1n) is 10.0. The SMILES string of the molecule is O=C(O)c1c(COc2ccc3ccccc3c2)nc2ccccc2c1-c1ccccc1. The molecule has 4 nitrogen and oxygen atoms in total. The minimum atomic E-state index is -1.02. The Kier molecular flexibility index (Phi) is 4.81. The Hall–Kier alpha value is -4.18. The largest absolute Gasteiger partial charge is 0.487 e. The second kappa shape index (κ2) is 7.92. The van der Waals surface area contributed by atoms with Crippen molar-refractivity contribution in [3.63, 3.8) is 0 Å². The molecular weight excluding hydrogens is 386 g/mol. The summed E-state index contributed by atoms with van der Waals surface area (Å²) in [4.78, 5) is 17.0. The van der Waals surface area contributed by atoms with E-state index >= 15 is 0 Å². The normalized spacial score (nSPS) is 11.0. The highest BCUT2D eigenvalue weighted by atomic mass is 16.5. The van der Waals surface area contributed by atoms with Crippen LogP contribution in [0.25, 0.3) is 32.8 Å². The molecule has 31 heavy (non-hydrogen) atoms. The number of aromatic carboxylic acids is 1. The number of carboxylic acid groups (broad SMARTS) is 1. The average Bonchev–Trinajstić information content (AvgIpc) is 2.82. The van der Waals surface area contributed by atoms with Crippen molar-refractivity contribution in [2.45, 2.75) is 6.61 Å². The number of carbonyl (C=O) groups is 1. The third-order valence-corrected chi connectivity index (χ3v) is 5.34. The molecule has 0 atom stereocenters. The molecule has 0 unspecified atom stereocenters. The Labute approximate surface area is 179 Å². The molecule has 0 saturated carbocycles. The van der Waals surface area contributed by atoms with Crippen LogP contribution in [0.3, 0.4) is 0 Å². The number of fused-ring (bicyclic) bond motifs is 2. The van der Waals surface area contributed by atoms with E-state index < -0.39 is 5.97 Å². The van der Waals surface area contributed by atoms with Gasteiger partial charge < -0.3 is 9.84 Å². The fraction of sp³-hybridized carbons (Fsp3) is 0.0370. The van der Waals surface area contributed by atoms with Crippen LogP contribution >= 0.6 is 0 Å². The van der Waals surface area contributed by atoms with Gasteiger partial charge in [0.25, 0.3) is 0 Å². The zero-order chi connectivity index (χ0) is 21.2. The van der Waals surface area contributed by atoms with Gasteiger partial charge in [-0.2, -0.15) is 0 Å². The van der Waals surface area contributed by atoms with Gasteiger partial charge in [0, 0.05) is 10.9 Å². The van der Waals surface area contributed by atoms with Crippen LogP contribution in [0.2, 0.25) is 0 Å². The van der Waals surface area contributed by atoms with E-state index in [4.69, 9.17) is 4.74 Å². The minimum Gasteiger partial charge on any atom is -0.487 e. The zero-order valence-electron chi connectivity index (χ0n) is 16.7. The van der Waals surface area contributed by atoms with Crippen LogP contribution in [0.5, 0.6) is 5.75 Å². The Morgan fingerprint density at radius 2 is 1.52 bits per heavy atom. The molecule has 0 aliphatic carbocycles. The van der Waals surface area contributed by atoms with Gasteiger partial charge in [-0.25, -0.2) is 9.78 Å². The van der Waals surface area contributed by atoms with Crippen molar-refractivity contribution < 1.29 is 14.6 Å². The van der Waals surface area contributed by atoms with E-state index in [1.165, 1.54) is 0 Å². The van der Waals surface area contributed by atoms with Gasteiger partial charge in [0.2, 0.25) is 0 Å². The quantitative estimate of drug-likeness (QED) is 0.371. The summed E-state index contributed by atoms with van der Waals surface area (Å²) < 4.78 is 6.00. The molecule has 4 aromatic carbocycles. The maximum Gasteiger partial charge on any atom is 0.338 e. The summed E-state index contributed by atoms with van der Waals surface area (Å²) in [7, 11) is 0. The molecule has 0 fully saturated rings. The lowest BCUT2D eigenvalue weighted by Gasteiger charge is -2.15. The molecule has 0 aliphatic rings. The van der Waals surface area contributed by atoms with E-state index in [1.807, 2.05) is 97.1 Å². The Balaban J connectivity index is 1.62. The number of hydrogen-bond acceptors (Lipinski definition) is 3. The summed E-state index contributed by atoms with van der Waals surface area (Å²) in [5, 5.41) is 13.1. The van der Waals surface area contributed by atoms with Crippen molar-refractivity contribution in [3.05, 3.63) is 108 Å². The molecule has 0 aliphatic heterocycles. The summed E-state index contributed by atoms with van der Waals surface area (Å²) in [6.07, 6.45) is 0. The summed E-state index contributed by atoms with van der Waals surface area (Å²) >= 11 is 0. The lowest BCUT2D eigenvalue weighted by Crippen LogP contribution is -2.11. The first-order chi connectivity index (χ1) is 15.2. The maximum absolute atomic E-state index is 12.4. The van der Waals surface area contributed by atoms with E-state index in [0.717, 1.165) is 27.2 Å². The highest BCUT2D eigenvalue weighted by Crippen LogP contribution is 2.34. The molecule has 0 radical (unpaired) electrons. The van der Waals surface area contributed by atoms with Crippen LogP contribution in [0.4, 0.5) is 0 Å². The number of pyridine rings is 1. The number of nitrogens with zero attached hydrogens (tertiary/aromatic N) is 1. The highest BCUT2D eigenvalue weighted by molar-refractivity contribution is 6.07. The Bertz CT molecular complexity index is 1410. The van der Waals surface area contributed by atoms with Crippen LogP contribution in [0, 0.1) is 0 Å². The fourth-order valence-electron chi connectivity index (χ4n) is 3.91. The van der Waals surface area contributed by atoms with Gasteiger partial charge >= 0.3 is 5.97 Å².